The predicted molar refractivity (Wildman–Crippen MR) is 38.6 cm³/mol. The molecule has 0 unspecified atom stereocenters. The summed E-state index contributed by atoms with van der Waals surface area (Å²) in [6.07, 6.45) is 3.71. The third-order valence-electron chi connectivity index (χ3n) is 1.25. The van der Waals surface area contributed by atoms with Gasteiger partial charge in [0.15, 0.2) is 0 Å². The molecule has 44 valence electrons. The summed E-state index contributed by atoms with van der Waals surface area (Å²) in [6, 6.07) is 1.91. The zero-order valence-corrected chi connectivity index (χ0v) is 5.40. The van der Waals surface area contributed by atoms with Crippen LogP contribution in [0.3, 0.4) is 0 Å². The average Bonchev–Trinajstić information content (AvgIpc) is 2.22. The van der Waals surface area contributed by atoms with Gasteiger partial charge in [0.25, 0.3) is 0 Å². The Bertz CT molecular complexity index is 328. The molecule has 0 atom stereocenters. The number of thiocarbonyl (C=S) groups is 1. The van der Waals surface area contributed by atoms with Crippen LogP contribution in [0.4, 0.5) is 0 Å². The molecule has 0 amide bonds. The van der Waals surface area contributed by atoms with E-state index in [9.17, 15) is 0 Å². The largest absolute Gasteiger partial charge is 0.360 e. The third-order valence-corrected chi connectivity index (χ3v) is 1.46. The first-order chi connectivity index (χ1) is 4.36. The minimum atomic E-state index is 0.664. The van der Waals surface area contributed by atoms with Gasteiger partial charge in [-0.05, 0) is 6.07 Å². The number of aromatic amines is 1. The van der Waals surface area contributed by atoms with E-state index < -0.39 is 0 Å². The molecule has 2 nitrogen and oxygen atoms in total. The lowest BCUT2D eigenvalue weighted by atomic mass is 10.5. The van der Waals surface area contributed by atoms with Crippen LogP contribution in [0.15, 0.2) is 17.3 Å². The van der Waals surface area contributed by atoms with Crippen molar-refractivity contribution in [2.75, 3.05) is 0 Å². The molecule has 0 fully saturated rings. The van der Waals surface area contributed by atoms with Crippen LogP contribution in [0.5, 0.6) is 0 Å². The van der Waals surface area contributed by atoms with Gasteiger partial charge in [0.2, 0.25) is 0 Å². The van der Waals surface area contributed by atoms with Gasteiger partial charge in [-0.1, -0.05) is 12.2 Å². The molecule has 0 radical (unpaired) electrons. The predicted octanol–water partition coefficient (Wildman–Crippen LogP) is -0.244. The second kappa shape index (κ2) is 1.51. The number of rotatable bonds is 0. The Hall–Kier alpha value is -0.960. The maximum atomic E-state index is 4.84. The molecule has 1 aliphatic heterocycles. The summed E-state index contributed by atoms with van der Waals surface area (Å²) >= 11 is 4.84. The number of aromatic nitrogens is 1. The SMILES string of the molecule is S=C1C=c2[nH]ccc2=N1. The number of H-pyrrole nitrogens is 1. The molecule has 1 aromatic heterocycles. The van der Waals surface area contributed by atoms with Gasteiger partial charge in [-0.2, -0.15) is 0 Å². The van der Waals surface area contributed by atoms with Crippen LogP contribution in [0, 0.1) is 0 Å². The second-order valence-electron chi connectivity index (χ2n) is 1.87. The van der Waals surface area contributed by atoms with Crippen LogP contribution < -0.4 is 10.7 Å². The molecule has 0 saturated heterocycles. The molecule has 1 N–H and O–H groups in total. The van der Waals surface area contributed by atoms with E-state index in [0.29, 0.717) is 4.99 Å². The van der Waals surface area contributed by atoms with Crippen molar-refractivity contribution < 1.29 is 0 Å². The monoisotopic (exact) mass is 136 g/mol. The van der Waals surface area contributed by atoms with Crippen LogP contribution >= 0.6 is 12.2 Å². The van der Waals surface area contributed by atoms with E-state index in [-0.39, 0.29) is 0 Å². The smallest absolute Gasteiger partial charge is 0.129 e. The fourth-order valence-corrected chi connectivity index (χ4v) is 1.08. The van der Waals surface area contributed by atoms with Crippen molar-refractivity contribution >= 4 is 23.3 Å². The van der Waals surface area contributed by atoms with Crippen LogP contribution in [0.1, 0.15) is 0 Å². The molecule has 0 spiro atoms. The molecule has 0 saturated carbocycles. The molecule has 2 rings (SSSR count). The van der Waals surface area contributed by atoms with Crippen molar-refractivity contribution in [3.63, 3.8) is 0 Å². The highest BCUT2D eigenvalue weighted by molar-refractivity contribution is 7.81. The van der Waals surface area contributed by atoms with E-state index in [2.05, 4.69) is 9.98 Å². The molecule has 2 heterocycles. The fraction of sp³-hybridized carbons (Fsp3) is 0. The minimum Gasteiger partial charge on any atom is -0.360 e. The van der Waals surface area contributed by atoms with E-state index >= 15 is 0 Å². The van der Waals surface area contributed by atoms with Crippen molar-refractivity contribution in [2.45, 2.75) is 0 Å². The van der Waals surface area contributed by atoms with Gasteiger partial charge in [0.1, 0.15) is 4.99 Å². The van der Waals surface area contributed by atoms with Gasteiger partial charge in [-0.15, -0.1) is 0 Å². The normalized spacial score (nSPS) is 14.4. The second-order valence-corrected chi connectivity index (χ2v) is 2.29. The Kier molecular flexibility index (Phi) is 0.818. The molecule has 0 bridgehead atoms. The first kappa shape index (κ1) is 4.88. The maximum absolute atomic E-state index is 4.84. The Morgan fingerprint density at radius 1 is 1.56 bits per heavy atom. The molecular formula is C6H4N2S. The zero-order valence-electron chi connectivity index (χ0n) is 4.59. The molecule has 3 heteroatoms. The first-order valence-electron chi connectivity index (χ1n) is 2.64. The number of hydrogen-bond acceptors (Lipinski definition) is 1. The van der Waals surface area contributed by atoms with Gasteiger partial charge >= 0.3 is 0 Å². The molecule has 0 aliphatic carbocycles. The summed E-state index contributed by atoms with van der Waals surface area (Å²) in [5.74, 6) is 0. The summed E-state index contributed by atoms with van der Waals surface area (Å²) in [6.45, 7) is 0. The highest BCUT2D eigenvalue weighted by Crippen LogP contribution is 1.83. The van der Waals surface area contributed by atoms with E-state index in [1.165, 1.54) is 0 Å². The topological polar surface area (TPSA) is 28.1 Å². The van der Waals surface area contributed by atoms with Crippen LogP contribution in [0.2, 0.25) is 0 Å². The quantitative estimate of drug-likeness (QED) is 0.490. The van der Waals surface area contributed by atoms with E-state index in [0.717, 1.165) is 10.7 Å². The highest BCUT2D eigenvalue weighted by atomic mass is 32.1. The van der Waals surface area contributed by atoms with Crippen molar-refractivity contribution in [3.05, 3.63) is 23.0 Å². The lowest BCUT2D eigenvalue weighted by Crippen LogP contribution is -2.17. The van der Waals surface area contributed by atoms with Gasteiger partial charge < -0.3 is 4.98 Å². The highest BCUT2D eigenvalue weighted by Gasteiger charge is 1.97. The van der Waals surface area contributed by atoms with E-state index in [4.69, 9.17) is 12.2 Å². The maximum Gasteiger partial charge on any atom is 0.129 e. The Balaban J connectivity index is 3.01. The van der Waals surface area contributed by atoms with Gasteiger partial charge in [-0.25, -0.2) is 4.99 Å². The lowest BCUT2D eigenvalue weighted by Gasteiger charge is -1.71. The molecule has 0 aromatic carbocycles. The van der Waals surface area contributed by atoms with Crippen molar-refractivity contribution in [2.24, 2.45) is 4.99 Å². The van der Waals surface area contributed by atoms with Crippen molar-refractivity contribution in [3.8, 4) is 0 Å². The Morgan fingerprint density at radius 2 is 2.44 bits per heavy atom. The standard InChI is InChI=1S/C6H4N2S/c9-6-3-5-4(8-6)1-2-7-5/h1-3,7H. The number of hydrogen-bond donors (Lipinski definition) is 1. The minimum absolute atomic E-state index is 0.664. The summed E-state index contributed by atoms with van der Waals surface area (Å²) in [7, 11) is 0. The van der Waals surface area contributed by atoms with E-state index in [1.54, 1.807) is 0 Å². The first-order valence-corrected chi connectivity index (χ1v) is 3.05. The third kappa shape index (κ3) is 0.616. The zero-order chi connectivity index (χ0) is 6.27. The van der Waals surface area contributed by atoms with Crippen LogP contribution in [0.25, 0.3) is 6.08 Å². The Morgan fingerprint density at radius 3 is 3.22 bits per heavy atom. The summed E-state index contributed by atoms with van der Waals surface area (Å²) < 4.78 is 0. The van der Waals surface area contributed by atoms with Gasteiger partial charge in [0.05, 0.1) is 10.7 Å². The molecule has 9 heavy (non-hydrogen) atoms. The fourth-order valence-electron chi connectivity index (χ4n) is 0.862. The summed E-state index contributed by atoms with van der Waals surface area (Å²) in [5.41, 5.74) is 0. The molecular weight excluding hydrogens is 132 g/mol. The van der Waals surface area contributed by atoms with Gasteiger partial charge in [-0.3, -0.25) is 0 Å². The number of nitrogens with zero attached hydrogens (tertiary/aromatic N) is 1. The average molecular weight is 136 g/mol. The molecule has 1 aliphatic rings. The van der Waals surface area contributed by atoms with E-state index in [1.807, 2.05) is 18.3 Å². The van der Waals surface area contributed by atoms with Crippen molar-refractivity contribution in [1.29, 1.82) is 0 Å². The summed E-state index contributed by atoms with van der Waals surface area (Å²) in [4.78, 5) is 7.73. The van der Waals surface area contributed by atoms with Gasteiger partial charge in [0, 0.05) is 12.3 Å². The lowest BCUT2D eigenvalue weighted by molar-refractivity contribution is 1.31. The number of fused-ring (bicyclic) bond motifs is 1. The Labute approximate surface area is 56.9 Å². The van der Waals surface area contributed by atoms with Crippen LogP contribution in [-0.2, 0) is 0 Å². The van der Waals surface area contributed by atoms with Crippen molar-refractivity contribution in [1.82, 2.24) is 4.98 Å². The van der Waals surface area contributed by atoms with Crippen LogP contribution in [-0.4, -0.2) is 9.97 Å². The number of nitrogens with one attached hydrogen (secondary N) is 1. The summed E-state index contributed by atoms with van der Waals surface area (Å²) in [5, 5.41) is 1.99. The molecule has 1 aromatic rings.